The van der Waals surface area contributed by atoms with Crippen molar-refractivity contribution in [2.45, 2.75) is 6.92 Å². The molecule has 2 heterocycles. The minimum absolute atomic E-state index is 0.423. The van der Waals surface area contributed by atoms with Gasteiger partial charge in [-0.25, -0.2) is 0 Å². The smallest absolute Gasteiger partial charge is 0.191 e. The first-order valence-electron chi connectivity index (χ1n) is 7.91. The largest absolute Gasteiger partial charge is 0.378 e. The lowest BCUT2D eigenvalue weighted by Gasteiger charge is -2.27. The number of thiocarbonyl (C=S) groups is 1. The fraction of sp³-hybridized carbons (Fsp3) is 0.294. The van der Waals surface area contributed by atoms with Crippen molar-refractivity contribution in [2.24, 2.45) is 5.10 Å². The average molecular weight is 395 g/mol. The van der Waals surface area contributed by atoms with Gasteiger partial charge in [0.05, 0.1) is 24.4 Å². The SMILES string of the molecule is Cc1c(Cl)cccc1NC(=S)N/N=C\c1ccc(N2CCOCC2)s1. The summed E-state index contributed by atoms with van der Waals surface area (Å²) < 4.78 is 5.38. The topological polar surface area (TPSA) is 48.9 Å². The number of morpholine rings is 1. The van der Waals surface area contributed by atoms with Crippen molar-refractivity contribution in [1.82, 2.24) is 5.43 Å². The zero-order chi connectivity index (χ0) is 17.6. The van der Waals surface area contributed by atoms with Crippen LogP contribution in [0.3, 0.4) is 0 Å². The van der Waals surface area contributed by atoms with E-state index in [2.05, 4.69) is 32.9 Å². The molecule has 0 saturated carbocycles. The molecule has 25 heavy (non-hydrogen) atoms. The second kappa shape index (κ2) is 8.62. The molecule has 1 fully saturated rings. The summed E-state index contributed by atoms with van der Waals surface area (Å²) in [5.74, 6) is 0. The van der Waals surface area contributed by atoms with Crippen LogP contribution in [0.15, 0.2) is 35.4 Å². The number of nitrogens with one attached hydrogen (secondary N) is 2. The van der Waals surface area contributed by atoms with E-state index in [0.717, 1.165) is 42.4 Å². The maximum Gasteiger partial charge on any atom is 0.191 e. The average Bonchev–Trinajstić information content (AvgIpc) is 3.09. The summed E-state index contributed by atoms with van der Waals surface area (Å²) in [7, 11) is 0. The minimum Gasteiger partial charge on any atom is -0.378 e. The Labute approximate surface area is 161 Å². The van der Waals surface area contributed by atoms with E-state index in [1.165, 1.54) is 5.00 Å². The van der Waals surface area contributed by atoms with E-state index in [1.54, 1.807) is 17.6 Å². The first-order valence-corrected chi connectivity index (χ1v) is 9.51. The third-order valence-electron chi connectivity index (χ3n) is 3.81. The van der Waals surface area contributed by atoms with Crippen molar-refractivity contribution in [2.75, 3.05) is 36.5 Å². The Balaban J connectivity index is 1.53. The van der Waals surface area contributed by atoms with Gasteiger partial charge in [0.2, 0.25) is 0 Å². The maximum absolute atomic E-state index is 6.10. The molecular weight excluding hydrogens is 376 g/mol. The second-order valence-corrected chi connectivity index (χ2v) is 7.42. The number of hydrazone groups is 1. The zero-order valence-corrected chi connectivity index (χ0v) is 16.2. The molecular formula is C17H19ClN4OS2. The third kappa shape index (κ3) is 4.92. The first-order chi connectivity index (χ1) is 12.1. The Kier molecular flexibility index (Phi) is 6.25. The highest BCUT2D eigenvalue weighted by molar-refractivity contribution is 7.80. The Morgan fingerprint density at radius 2 is 2.12 bits per heavy atom. The van der Waals surface area contributed by atoms with Gasteiger partial charge in [-0.3, -0.25) is 5.43 Å². The van der Waals surface area contributed by atoms with Crippen molar-refractivity contribution in [3.63, 3.8) is 0 Å². The van der Waals surface area contributed by atoms with Crippen LogP contribution >= 0.6 is 35.2 Å². The Morgan fingerprint density at radius 3 is 2.92 bits per heavy atom. The molecule has 2 N–H and O–H groups in total. The van der Waals surface area contributed by atoms with Crippen LogP contribution in [0.2, 0.25) is 5.02 Å². The minimum atomic E-state index is 0.423. The first kappa shape index (κ1) is 18.1. The van der Waals surface area contributed by atoms with Crippen LogP contribution in [0.1, 0.15) is 10.4 Å². The van der Waals surface area contributed by atoms with E-state index in [4.69, 9.17) is 28.6 Å². The van der Waals surface area contributed by atoms with Crippen molar-refractivity contribution < 1.29 is 4.74 Å². The molecule has 2 aromatic rings. The van der Waals surface area contributed by atoms with Gasteiger partial charge in [0.15, 0.2) is 5.11 Å². The molecule has 0 aliphatic carbocycles. The van der Waals surface area contributed by atoms with E-state index in [0.29, 0.717) is 10.1 Å². The van der Waals surface area contributed by atoms with E-state index in [9.17, 15) is 0 Å². The van der Waals surface area contributed by atoms with Gasteiger partial charge < -0.3 is 15.0 Å². The molecule has 0 unspecified atom stereocenters. The van der Waals surface area contributed by atoms with Crippen molar-refractivity contribution in [3.05, 3.63) is 45.8 Å². The molecule has 0 bridgehead atoms. The third-order valence-corrected chi connectivity index (χ3v) is 5.49. The number of ether oxygens (including phenoxy) is 1. The highest BCUT2D eigenvalue weighted by atomic mass is 35.5. The zero-order valence-electron chi connectivity index (χ0n) is 13.8. The highest BCUT2D eigenvalue weighted by Gasteiger charge is 2.12. The summed E-state index contributed by atoms with van der Waals surface area (Å²) in [6.07, 6.45) is 1.77. The number of nitrogens with zero attached hydrogens (tertiary/aromatic N) is 2. The Hall–Kier alpha value is -1.67. The molecule has 1 aliphatic heterocycles. The van der Waals surface area contributed by atoms with Gasteiger partial charge in [-0.2, -0.15) is 5.10 Å². The van der Waals surface area contributed by atoms with E-state index < -0.39 is 0 Å². The van der Waals surface area contributed by atoms with Crippen LogP contribution in [0.4, 0.5) is 10.7 Å². The summed E-state index contributed by atoms with van der Waals surface area (Å²) in [5, 5.41) is 9.66. The summed E-state index contributed by atoms with van der Waals surface area (Å²) in [5.41, 5.74) is 4.65. The quantitative estimate of drug-likeness (QED) is 0.468. The normalized spacial score (nSPS) is 14.7. The van der Waals surface area contributed by atoms with Gasteiger partial charge in [0, 0.05) is 28.7 Å². The predicted molar refractivity (Wildman–Crippen MR) is 110 cm³/mol. The highest BCUT2D eigenvalue weighted by Crippen LogP contribution is 2.25. The molecule has 1 saturated heterocycles. The molecule has 5 nitrogen and oxygen atoms in total. The van der Waals surface area contributed by atoms with Gasteiger partial charge in [-0.05, 0) is 49.0 Å². The van der Waals surface area contributed by atoms with Crippen LogP contribution in [0.5, 0.6) is 0 Å². The van der Waals surface area contributed by atoms with Gasteiger partial charge in [0.25, 0.3) is 0 Å². The monoisotopic (exact) mass is 394 g/mol. The van der Waals surface area contributed by atoms with Crippen molar-refractivity contribution in [3.8, 4) is 0 Å². The van der Waals surface area contributed by atoms with E-state index in [-0.39, 0.29) is 0 Å². The summed E-state index contributed by atoms with van der Waals surface area (Å²) in [6.45, 7) is 5.37. The van der Waals surface area contributed by atoms with Gasteiger partial charge >= 0.3 is 0 Å². The lowest BCUT2D eigenvalue weighted by molar-refractivity contribution is 0.123. The van der Waals surface area contributed by atoms with E-state index >= 15 is 0 Å². The number of rotatable bonds is 4. The lowest BCUT2D eigenvalue weighted by atomic mass is 10.2. The van der Waals surface area contributed by atoms with Crippen LogP contribution < -0.4 is 15.6 Å². The predicted octanol–water partition coefficient (Wildman–Crippen LogP) is 3.87. The van der Waals surface area contributed by atoms with Crippen molar-refractivity contribution in [1.29, 1.82) is 0 Å². The number of anilines is 2. The fourth-order valence-electron chi connectivity index (χ4n) is 2.41. The number of hydrogen-bond acceptors (Lipinski definition) is 5. The number of halogens is 1. The molecule has 1 aromatic carbocycles. The lowest BCUT2D eigenvalue weighted by Crippen LogP contribution is -2.35. The van der Waals surface area contributed by atoms with Crippen LogP contribution in [0, 0.1) is 6.92 Å². The molecule has 0 spiro atoms. The fourth-order valence-corrected chi connectivity index (χ4v) is 3.68. The molecule has 0 amide bonds. The van der Waals surface area contributed by atoms with Crippen LogP contribution in [-0.2, 0) is 4.74 Å². The molecule has 132 valence electrons. The molecule has 3 rings (SSSR count). The van der Waals surface area contributed by atoms with Gasteiger partial charge in [-0.15, -0.1) is 11.3 Å². The number of benzene rings is 1. The van der Waals surface area contributed by atoms with Crippen LogP contribution in [0.25, 0.3) is 0 Å². The Morgan fingerprint density at radius 1 is 1.32 bits per heavy atom. The molecule has 0 atom stereocenters. The summed E-state index contributed by atoms with van der Waals surface area (Å²) in [4.78, 5) is 3.39. The van der Waals surface area contributed by atoms with Crippen molar-refractivity contribution >= 4 is 57.2 Å². The number of hydrogen-bond donors (Lipinski definition) is 2. The Bertz CT molecular complexity index is 772. The molecule has 1 aliphatic rings. The maximum atomic E-state index is 6.10. The van der Waals surface area contributed by atoms with Crippen LogP contribution in [-0.4, -0.2) is 37.6 Å². The molecule has 0 radical (unpaired) electrons. The molecule has 8 heteroatoms. The van der Waals surface area contributed by atoms with Gasteiger partial charge in [-0.1, -0.05) is 17.7 Å². The number of thiophene rings is 1. The van der Waals surface area contributed by atoms with Gasteiger partial charge in [0.1, 0.15) is 0 Å². The second-order valence-electron chi connectivity index (χ2n) is 5.51. The van der Waals surface area contributed by atoms with E-state index in [1.807, 2.05) is 25.1 Å². The summed E-state index contributed by atoms with van der Waals surface area (Å²) in [6, 6.07) is 9.82. The summed E-state index contributed by atoms with van der Waals surface area (Å²) >= 11 is 13.1. The molecule has 1 aromatic heterocycles. The standard InChI is InChI=1S/C17H19ClN4OS2/c1-12-14(18)3-2-4-15(12)20-17(24)21-19-11-13-5-6-16(25-13)22-7-9-23-10-8-22/h2-6,11H,7-10H2,1H3,(H2,20,21,24)/b19-11-.